The number of hydrazone groups is 1. The molecule has 7 heteroatoms. The van der Waals surface area contributed by atoms with E-state index >= 15 is 0 Å². The fourth-order valence-electron chi connectivity index (χ4n) is 3.11. The first-order chi connectivity index (χ1) is 15.5. The van der Waals surface area contributed by atoms with E-state index in [1.165, 1.54) is 45.4 Å². The molecular weight excluding hydrogens is 428 g/mol. The molecular formula is C25H31ClN2O4. The van der Waals surface area contributed by atoms with Crippen molar-refractivity contribution >= 4 is 29.7 Å². The van der Waals surface area contributed by atoms with Gasteiger partial charge in [-0.25, -0.2) is 10.2 Å². The minimum atomic E-state index is -0.576. The second-order valence-corrected chi connectivity index (χ2v) is 7.85. The molecule has 0 spiro atoms. The second-order valence-electron chi connectivity index (χ2n) is 7.44. The molecule has 0 aliphatic carbocycles. The van der Waals surface area contributed by atoms with Crippen LogP contribution >= 0.6 is 11.6 Å². The summed E-state index contributed by atoms with van der Waals surface area (Å²) in [5.74, 6) is -0.0543. The molecule has 0 radical (unpaired) electrons. The van der Waals surface area contributed by atoms with E-state index in [1.807, 2.05) is 0 Å². The van der Waals surface area contributed by atoms with Crippen LogP contribution in [0, 0.1) is 0 Å². The van der Waals surface area contributed by atoms with Gasteiger partial charge in [0.25, 0.3) is 0 Å². The number of carbonyl (C=O) groups excluding carboxylic acids is 2. The number of benzene rings is 2. The van der Waals surface area contributed by atoms with Gasteiger partial charge < -0.3 is 9.47 Å². The average Bonchev–Trinajstić information content (AvgIpc) is 2.79. The SMILES string of the molecule is CCCCCCCCCC(=O)N/N=C/c1ccc(OC(=O)c2ccccc2Cl)c(OC)c1. The highest BCUT2D eigenvalue weighted by molar-refractivity contribution is 6.33. The molecule has 6 nitrogen and oxygen atoms in total. The predicted octanol–water partition coefficient (Wildman–Crippen LogP) is 6.16. The minimum Gasteiger partial charge on any atom is -0.493 e. The average molecular weight is 459 g/mol. The maximum absolute atomic E-state index is 12.4. The Kier molecular flexibility index (Phi) is 11.3. The van der Waals surface area contributed by atoms with Gasteiger partial charge in [0.05, 0.1) is 23.9 Å². The zero-order chi connectivity index (χ0) is 23.2. The van der Waals surface area contributed by atoms with E-state index in [0.29, 0.717) is 22.8 Å². The van der Waals surface area contributed by atoms with Crippen LogP contribution in [0.3, 0.4) is 0 Å². The third kappa shape index (κ3) is 8.71. The summed E-state index contributed by atoms with van der Waals surface area (Å²) in [5.41, 5.74) is 3.50. The van der Waals surface area contributed by atoms with Gasteiger partial charge in [0.2, 0.25) is 5.91 Å². The summed E-state index contributed by atoms with van der Waals surface area (Å²) in [7, 11) is 1.48. The number of rotatable bonds is 13. The van der Waals surface area contributed by atoms with Crippen molar-refractivity contribution in [1.82, 2.24) is 5.43 Å². The zero-order valence-electron chi connectivity index (χ0n) is 18.7. The van der Waals surface area contributed by atoms with E-state index in [1.54, 1.807) is 42.5 Å². The Morgan fingerprint density at radius 3 is 2.44 bits per heavy atom. The van der Waals surface area contributed by atoms with E-state index in [0.717, 1.165) is 12.8 Å². The molecule has 0 saturated heterocycles. The molecule has 0 fully saturated rings. The van der Waals surface area contributed by atoms with Gasteiger partial charge in [-0.2, -0.15) is 5.10 Å². The monoisotopic (exact) mass is 458 g/mol. The molecule has 0 aliphatic rings. The molecule has 0 atom stereocenters. The van der Waals surface area contributed by atoms with E-state index in [9.17, 15) is 9.59 Å². The van der Waals surface area contributed by atoms with Crippen LogP contribution in [0.1, 0.15) is 74.2 Å². The van der Waals surface area contributed by atoms with Gasteiger partial charge in [0.1, 0.15) is 0 Å². The Balaban J connectivity index is 1.83. The first-order valence-corrected chi connectivity index (χ1v) is 11.4. The number of halogens is 1. The number of carbonyl (C=O) groups is 2. The van der Waals surface area contributed by atoms with Crippen molar-refractivity contribution in [2.75, 3.05) is 7.11 Å². The summed E-state index contributed by atoms with van der Waals surface area (Å²) < 4.78 is 10.7. The summed E-state index contributed by atoms with van der Waals surface area (Å²) in [6, 6.07) is 11.6. The van der Waals surface area contributed by atoms with Crippen LogP contribution in [0.25, 0.3) is 0 Å². The largest absolute Gasteiger partial charge is 0.493 e. The first-order valence-electron chi connectivity index (χ1n) is 11.0. The van der Waals surface area contributed by atoms with Crippen molar-refractivity contribution < 1.29 is 19.1 Å². The minimum absolute atomic E-state index is 0.105. The Bertz CT molecular complexity index is 915. The third-order valence-corrected chi connectivity index (χ3v) is 5.22. The number of ether oxygens (including phenoxy) is 2. The maximum Gasteiger partial charge on any atom is 0.345 e. The van der Waals surface area contributed by atoms with E-state index in [2.05, 4.69) is 17.5 Å². The lowest BCUT2D eigenvalue weighted by Gasteiger charge is -2.10. The topological polar surface area (TPSA) is 77.0 Å². The van der Waals surface area contributed by atoms with Gasteiger partial charge in [-0.15, -0.1) is 0 Å². The molecule has 2 aromatic carbocycles. The Hall–Kier alpha value is -2.86. The smallest absolute Gasteiger partial charge is 0.345 e. The van der Waals surface area contributed by atoms with Crippen LogP contribution in [-0.4, -0.2) is 25.2 Å². The van der Waals surface area contributed by atoms with Crippen molar-refractivity contribution in [1.29, 1.82) is 0 Å². The van der Waals surface area contributed by atoms with E-state index in [-0.39, 0.29) is 17.2 Å². The number of nitrogens with zero attached hydrogens (tertiary/aromatic N) is 1. The highest BCUT2D eigenvalue weighted by Gasteiger charge is 2.15. The Labute approximate surface area is 195 Å². The van der Waals surface area contributed by atoms with E-state index in [4.69, 9.17) is 21.1 Å². The normalized spacial score (nSPS) is 10.8. The maximum atomic E-state index is 12.4. The van der Waals surface area contributed by atoms with Gasteiger partial charge in [-0.3, -0.25) is 4.79 Å². The van der Waals surface area contributed by atoms with Crippen molar-refractivity contribution in [3.8, 4) is 11.5 Å². The lowest BCUT2D eigenvalue weighted by Crippen LogP contribution is -2.16. The lowest BCUT2D eigenvalue weighted by atomic mass is 10.1. The second kappa shape index (κ2) is 14.2. The summed E-state index contributed by atoms with van der Waals surface area (Å²) in [4.78, 5) is 24.3. The van der Waals surface area contributed by atoms with Crippen LogP contribution in [-0.2, 0) is 4.79 Å². The summed E-state index contributed by atoms with van der Waals surface area (Å²) in [6.07, 6.45) is 10.1. The number of methoxy groups -OCH3 is 1. The van der Waals surface area contributed by atoms with Gasteiger partial charge in [0, 0.05) is 6.42 Å². The summed E-state index contributed by atoms with van der Waals surface area (Å²) in [5, 5.41) is 4.31. The Morgan fingerprint density at radius 2 is 1.72 bits per heavy atom. The number of hydrogen-bond acceptors (Lipinski definition) is 5. The lowest BCUT2D eigenvalue weighted by molar-refractivity contribution is -0.121. The number of esters is 1. The molecule has 172 valence electrons. The quantitative estimate of drug-likeness (QED) is 0.128. The van der Waals surface area contributed by atoms with Gasteiger partial charge in [0.15, 0.2) is 11.5 Å². The molecule has 0 aliphatic heterocycles. The Morgan fingerprint density at radius 1 is 1.00 bits per heavy atom. The van der Waals surface area contributed by atoms with Crippen molar-refractivity contribution in [2.24, 2.45) is 5.10 Å². The molecule has 0 aromatic heterocycles. The summed E-state index contributed by atoms with van der Waals surface area (Å²) >= 11 is 6.05. The number of hydrogen-bond donors (Lipinski definition) is 1. The fraction of sp³-hybridized carbons (Fsp3) is 0.400. The first kappa shape index (κ1) is 25.4. The molecule has 0 heterocycles. The molecule has 2 aromatic rings. The van der Waals surface area contributed by atoms with Gasteiger partial charge in [-0.1, -0.05) is 69.2 Å². The molecule has 0 unspecified atom stereocenters. The highest BCUT2D eigenvalue weighted by atomic mass is 35.5. The molecule has 32 heavy (non-hydrogen) atoms. The van der Waals surface area contributed by atoms with Crippen LogP contribution < -0.4 is 14.9 Å². The molecule has 2 rings (SSSR count). The third-order valence-electron chi connectivity index (χ3n) is 4.89. The van der Waals surface area contributed by atoms with Crippen molar-refractivity contribution in [3.63, 3.8) is 0 Å². The van der Waals surface area contributed by atoms with Crippen molar-refractivity contribution in [3.05, 3.63) is 58.6 Å². The van der Waals surface area contributed by atoms with Gasteiger partial charge in [-0.05, 0) is 42.3 Å². The highest BCUT2D eigenvalue weighted by Crippen LogP contribution is 2.29. The van der Waals surface area contributed by atoms with Crippen LogP contribution in [0.5, 0.6) is 11.5 Å². The molecule has 0 saturated carbocycles. The van der Waals surface area contributed by atoms with Crippen LogP contribution in [0.15, 0.2) is 47.6 Å². The zero-order valence-corrected chi connectivity index (χ0v) is 19.5. The number of amides is 1. The fourth-order valence-corrected chi connectivity index (χ4v) is 3.32. The molecule has 1 N–H and O–H groups in total. The number of unbranched alkanes of at least 4 members (excludes halogenated alkanes) is 6. The molecule has 0 bridgehead atoms. The molecule has 1 amide bonds. The summed E-state index contributed by atoms with van der Waals surface area (Å²) in [6.45, 7) is 2.20. The van der Waals surface area contributed by atoms with Crippen LogP contribution in [0.4, 0.5) is 0 Å². The van der Waals surface area contributed by atoms with Crippen molar-refractivity contribution in [2.45, 2.75) is 58.3 Å². The standard InChI is InChI=1S/C25H31ClN2O4/c1-3-4-5-6-7-8-9-14-24(29)28-27-18-19-15-16-22(23(17-19)31-2)32-25(30)20-12-10-11-13-21(20)26/h10-13,15-18H,3-9,14H2,1-2H3,(H,28,29)/b27-18+. The van der Waals surface area contributed by atoms with E-state index < -0.39 is 5.97 Å². The number of nitrogens with one attached hydrogen (secondary N) is 1. The van der Waals surface area contributed by atoms with Gasteiger partial charge >= 0.3 is 5.97 Å². The van der Waals surface area contributed by atoms with Crippen LogP contribution in [0.2, 0.25) is 5.02 Å². The predicted molar refractivity (Wildman–Crippen MR) is 128 cm³/mol.